The first kappa shape index (κ1) is 19.1. The molecule has 3 heterocycles. The number of nitrogen functional groups attached to an aromatic ring is 1. The maximum absolute atomic E-state index is 12.0. The smallest absolute Gasteiger partial charge is 0.246 e. The second-order valence-corrected chi connectivity index (χ2v) is 7.77. The normalized spacial score (nSPS) is 16.2. The third-order valence-corrected chi connectivity index (χ3v) is 6.04. The molecule has 4 aromatic rings. The minimum absolute atomic E-state index is 0.0433. The second-order valence-electron chi connectivity index (χ2n) is 7.77. The molecule has 1 unspecified atom stereocenters. The highest BCUT2D eigenvalue weighted by Gasteiger charge is 2.28. The Bertz CT molecular complexity index is 1330. The molecule has 31 heavy (non-hydrogen) atoms. The Morgan fingerprint density at radius 3 is 2.84 bits per heavy atom. The first-order valence-electron chi connectivity index (χ1n) is 10.2. The van der Waals surface area contributed by atoms with E-state index >= 15 is 0 Å². The zero-order valence-electron chi connectivity index (χ0n) is 17.3. The van der Waals surface area contributed by atoms with Crippen LogP contribution in [0.2, 0.25) is 0 Å². The van der Waals surface area contributed by atoms with E-state index in [-0.39, 0.29) is 11.9 Å². The van der Waals surface area contributed by atoms with Crippen molar-refractivity contribution in [3.05, 3.63) is 61.6 Å². The van der Waals surface area contributed by atoms with Crippen LogP contribution in [0.25, 0.3) is 32.9 Å². The van der Waals surface area contributed by atoms with E-state index in [2.05, 4.69) is 45.5 Å². The van der Waals surface area contributed by atoms with Crippen molar-refractivity contribution in [1.29, 1.82) is 0 Å². The van der Waals surface area contributed by atoms with Crippen molar-refractivity contribution in [2.45, 2.75) is 12.5 Å². The van der Waals surface area contributed by atoms with Gasteiger partial charge in [0.05, 0.1) is 18.5 Å². The van der Waals surface area contributed by atoms with Crippen LogP contribution in [0.1, 0.15) is 12.5 Å². The molecule has 1 fully saturated rings. The maximum Gasteiger partial charge on any atom is 0.246 e. The lowest BCUT2D eigenvalue weighted by Crippen LogP contribution is -2.27. The van der Waals surface area contributed by atoms with Crippen LogP contribution in [0, 0.1) is 0 Å². The summed E-state index contributed by atoms with van der Waals surface area (Å²) < 4.78 is 7.47. The molecule has 0 spiro atoms. The highest BCUT2D eigenvalue weighted by atomic mass is 16.5. The largest absolute Gasteiger partial charge is 0.497 e. The average molecular weight is 413 g/mol. The summed E-state index contributed by atoms with van der Waals surface area (Å²) in [5.41, 5.74) is 9.11. The van der Waals surface area contributed by atoms with Crippen molar-refractivity contribution < 1.29 is 9.53 Å². The van der Waals surface area contributed by atoms with Crippen LogP contribution in [-0.2, 0) is 4.79 Å². The van der Waals surface area contributed by atoms with E-state index < -0.39 is 0 Å². The Morgan fingerprint density at radius 2 is 2.03 bits per heavy atom. The van der Waals surface area contributed by atoms with Gasteiger partial charge >= 0.3 is 0 Å². The van der Waals surface area contributed by atoms with Gasteiger partial charge in [-0.25, -0.2) is 9.97 Å². The van der Waals surface area contributed by atoms with Crippen molar-refractivity contribution in [1.82, 2.24) is 19.4 Å². The molecule has 0 aliphatic carbocycles. The average Bonchev–Trinajstić information content (AvgIpc) is 3.43. The lowest BCUT2D eigenvalue weighted by Gasteiger charge is -2.15. The predicted molar refractivity (Wildman–Crippen MR) is 122 cm³/mol. The van der Waals surface area contributed by atoms with Gasteiger partial charge < -0.3 is 19.9 Å². The van der Waals surface area contributed by atoms with E-state index in [4.69, 9.17) is 10.5 Å². The molecule has 7 heteroatoms. The number of anilines is 1. The number of likely N-dealkylation sites (tertiary alicyclic amines) is 1. The van der Waals surface area contributed by atoms with E-state index in [9.17, 15) is 4.79 Å². The van der Waals surface area contributed by atoms with Crippen LogP contribution in [0.15, 0.2) is 61.6 Å². The SMILES string of the molecule is C=CC(=O)N1CCC(n2cc(-c3ccc4cc(OC)ccc4c3)c3c(N)ncnc32)C1. The van der Waals surface area contributed by atoms with Gasteiger partial charge in [-0.2, -0.15) is 0 Å². The van der Waals surface area contributed by atoms with E-state index in [1.807, 2.05) is 23.1 Å². The number of carbonyl (C=O) groups excluding carboxylic acids is 1. The van der Waals surface area contributed by atoms with Crippen LogP contribution in [0.5, 0.6) is 5.75 Å². The van der Waals surface area contributed by atoms with Crippen molar-refractivity contribution >= 4 is 33.5 Å². The van der Waals surface area contributed by atoms with E-state index in [0.29, 0.717) is 18.9 Å². The first-order chi connectivity index (χ1) is 15.1. The minimum atomic E-state index is -0.0433. The van der Waals surface area contributed by atoms with E-state index in [1.165, 1.54) is 12.4 Å². The molecule has 1 amide bonds. The fourth-order valence-corrected chi connectivity index (χ4v) is 4.42. The number of amides is 1. The molecule has 2 N–H and O–H groups in total. The molecule has 1 aliphatic rings. The van der Waals surface area contributed by atoms with Gasteiger partial charge in [0.25, 0.3) is 0 Å². The summed E-state index contributed by atoms with van der Waals surface area (Å²) in [7, 11) is 1.67. The van der Waals surface area contributed by atoms with Crippen LogP contribution < -0.4 is 10.5 Å². The Balaban J connectivity index is 1.62. The van der Waals surface area contributed by atoms with Gasteiger partial charge in [0.15, 0.2) is 0 Å². The Hall–Kier alpha value is -3.87. The maximum atomic E-state index is 12.0. The van der Waals surface area contributed by atoms with Gasteiger partial charge in [-0.05, 0) is 47.0 Å². The van der Waals surface area contributed by atoms with E-state index in [0.717, 1.165) is 45.1 Å². The third kappa shape index (κ3) is 3.18. The zero-order chi connectivity index (χ0) is 21.5. The number of hydrogen-bond acceptors (Lipinski definition) is 5. The lowest BCUT2D eigenvalue weighted by atomic mass is 10.0. The fraction of sp³-hybridized carbons (Fsp3) is 0.208. The molecule has 0 bridgehead atoms. The van der Waals surface area contributed by atoms with Crippen molar-refractivity contribution in [2.75, 3.05) is 25.9 Å². The zero-order valence-corrected chi connectivity index (χ0v) is 17.3. The number of aromatic nitrogens is 3. The summed E-state index contributed by atoms with van der Waals surface area (Å²) >= 11 is 0. The molecule has 0 saturated carbocycles. The quantitative estimate of drug-likeness (QED) is 0.514. The number of rotatable bonds is 4. The Kier molecular flexibility index (Phi) is 4.58. The van der Waals surface area contributed by atoms with Gasteiger partial charge in [-0.3, -0.25) is 4.79 Å². The highest BCUT2D eigenvalue weighted by molar-refractivity contribution is 6.02. The van der Waals surface area contributed by atoms with Crippen molar-refractivity contribution in [3.63, 3.8) is 0 Å². The summed E-state index contributed by atoms with van der Waals surface area (Å²) in [5.74, 6) is 1.23. The number of nitrogens with zero attached hydrogens (tertiary/aromatic N) is 4. The van der Waals surface area contributed by atoms with Crippen LogP contribution in [0.3, 0.4) is 0 Å². The number of ether oxygens (including phenoxy) is 1. The van der Waals surface area contributed by atoms with Gasteiger partial charge in [-0.1, -0.05) is 24.8 Å². The molecule has 2 aromatic carbocycles. The summed E-state index contributed by atoms with van der Waals surface area (Å²) in [5, 5.41) is 3.05. The van der Waals surface area contributed by atoms with Crippen LogP contribution in [0.4, 0.5) is 5.82 Å². The van der Waals surface area contributed by atoms with Crippen molar-refractivity contribution in [2.24, 2.45) is 0 Å². The lowest BCUT2D eigenvalue weighted by molar-refractivity contribution is -0.125. The predicted octanol–water partition coefficient (Wildman–Crippen LogP) is 3.80. The topological polar surface area (TPSA) is 86.3 Å². The monoisotopic (exact) mass is 413 g/mol. The summed E-state index contributed by atoms with van der Waals surface area (Å²) in [4.78, 5) is 22.6. The molecule has 5 rings (SSSR count). The standard InChI is InChI=1S/C24H23N5O2/c1-3-21(30)28-9-8-18(12-28)29-13-20(22-23(25)26-14-27-24(22)29)17-5-4-16-11-19(31-2)7-6-15(16)10-17/h3-7,10-11,13-14,18H,1,8-9,12H2,2H3,(H2,25,26,27). The first-order valence-corrected chi connectivity index (χ1v) is 10.2. The van der Waals surface area contributed by atoms with Gasteiger partial charge in [0, 0.05) is 24.8 Å². The molecule has 0 radical (unpaired) electrons. The van der Waals surface area contributed by atoms with Crippen LogP contribution in [-0.4, -0.2) is 45.5 Å². The number of benzene rings is 2. The van der Waals surface area contributed by atoms with Gasteiger partial charge in [0.1, 0.15) is 23.5 Å². The molecule has 1 atom stereocenters. The van der Waals surface area contributed by atoms with Crippen LogP contribution >= 0.6 is 0 Å². The van der Waals surface area contributed by atoms with Gasteiger partial charge in [0.2, 0.25) is 5.91 Å². The molecule has 2 aromatic heterocycles. The second kappa shape index (κ2) is 7.43. The molecule has 1 aliphatic heterocycles. The minimum Gasteiger partial charge on any atom is -0.497 e. The fourth-order valence-electron chi connectivity index (χ4n) is 4.42. The molecule has 156 valence electrons. The molecule has 1 saturated heterocycles. The summed E-state index contributed by atoms with van der Waals surface area (Å²) in [6.07, 6.45) is 5.80. The number of hydrogen-bond donors (Lipinski definition) is 1. The van der Waals surface area contributed by atoms with Crippen molar-refractivity contribution in [3.8, 4) is 16.9 Å². The summed E-state index contributed by atoms with van der Waals surface area (Å²) in [6.45, 7) is 4.92. The molecular formula is C24H23N5O2. The van der Waals surface area contributed by atoms with Gasteiger partial charge in [-0.15, -0.1) is 0 Å². The highest BCUT2D eigenvalue weighted by Crippen LogP contribution is 2.37. The Labute approximate surface area is 179 Å². The molecule has 7 nitrogen and oxygen atoms in total. The number of carbonyl (C=O) groups is 1. The molecular weight excluding hydrogens is 390 g/mol. The third-order valence-electron chi connectivity index (χ3n) is 6.04. The summed E-state index contributed by atoms with van der Waals surface area (Å²) in [6, 6.07) is 12.4. The van der Waals surface area contributed by atoms with E-state index in [1.54, 1.807) is 7.11 Å². The number of methoxy groups -OCH3 is 1. The Morgan fingerprint density at radius 1 is 1.23 bits per heavy atom. The number of nitrogens with two attached hydrogens (primary N) is 1. The number of fused-ring (bicyclic) bond motifs is 2.